The van der Waals surface area contributed by atoms with Gasteiger partial charge >= 0.3 is 0 Å². The first-order valence-electron chi connectivity index (χ1n) is 10.3. The maximum Gasteiger partial charge on any atom is 0.295 e. The Morgan fingerprint density at radius 2 is 1.67 bits per heavy atom. The molecule has 10 heteroatoms. The van der Waals surface area contributed by atoms with Crippen LogP contribution in [0.3, 0.4) is 0 Å². The van der Waals surface area contributed by atoms with E-state index in [9.17, 15) is 24.8 Å². The molecule has 176 valence electrons. The Morgan fingerprint density at radius 1 is 1.09 bits per heavy atom. The molecule has 1 aliphatic rings. The Kier molecular flexibility index (Phi) is 8.99. The molecule has 3 rings (SSSR count). The number of halogens is 2. The molecule has 1 aliphatic heterocycles. The number of hydrogen-bond donors (Lipinski definition) is 1. The van der Waals surface area contributed by atoms with Crippen molar-refractivity contribution in [3.8, 4) is 0 Å². The molecule has 2 aromatic rings. The van der Waals surface area contributed by atoms with E-state index in [0.29, 0.717) is 22.7 Å². The topological polar surface area (TPSA) is 104 Å². The number of hydrogen-bond acceptors (Lipinski definition) is 6. The van der Waals surface area contributed by atoms with Crippen molar-refractivity contribution in [2.75, 3.05) is 26.2 Å². The van der Waals surface area contributed by atoms with Crippen molar-refractivity contribution in [2.24, 2.45) is 0 Å². The van der Waals surface area contributed by atoms with Crippen LogP contribution in [0.1, 0.15) is 31.0 Å². The summed E-state index contributed by atoms with van der Waals surface area (Å²) in [5, 5.41) is 22.5. The van der Waals surface area contributed by atoms with Gasteiger partial charge in [0.25, 0.3) is 17.4 Å². The number of benzene rings is 2. The Balaban J connectivity index is 0.00000385. The average Bonchev–Trinajstić information content (AvgIpc) is 3.04. The lowest BCUT2D eigenvalue weighted by molar-refractivity contribution is -0.384. The minimum absolute atomic E-state index is 0. The van der Waals surface area contributed by atoms with E-state index < -0.39 is 22.7 Å². The molecular formula is C23H25Cl2N3O5. The first-order chi connectivity index (χ1) is 15.3. The predicted octanol–water partition coefficient (Wildman–Crippen LogP) is 4.43. The fraction of sp³-hybridized carbons (Fsp3) is 0.304. The van der Waals surface area contributed by atoms with Crippen molar-refractivity contribution >= 4 is 47.1 Å². The van der Waals surface area contributed by atoms with E-state index in [4.69, 9.17) is 11.6 Å². The third-order valence-electron chi connectivity index (χ3n) is 5.63. The van der Waals surface area contributed by atoms with Gasteiger partial charge < -0.3 is 14.9 Å². The summed E-state index contributed by atoms with van der Waals surface area (Å²) in [5.41, 5.74) is 0.699. The molecule has 2 aromatic carbocycles. The number of nitro groups is 1. The van der Waals surface area contributed by atoms with Gasteiger partial charge in [0.2, 0.25) is 0 Å². The van der Waals surface area contributed by atoms with Crippen molar-refractivity contribution in [1.29, 1.82) is 0 Å². The summed E-state index contributed by atoms with van der Waals surface area (Å²) in [6, 6.07) is 11.1. The number of amides is 1. The van der Waals surface area contributed by atoms with Gasteiger partial charge in [-0.05, 0) is 55.1 Å². The molecule has 0 bridgehead atoms. The van der Waals surface area contributed by atoms with E-state index in [2.05, 4.69) is 4.90 Å². The van der Waals surface area contributed by atoms with Crippen molar-refractivity contribution in [3.63, 3.8) is 0 Å². The Labute approximate surface area is 203 Å². The van der Waals surface area contributed by atoms with E-state index in [1.165, 1.54) is 29.2 Å². The summed E-state index contributed by atoms with van der Waals surface area (Å²) in [5.74, 6) is -1.81. The first kappa shape index (κ1) is 26.3. The standard InChI is InChI=1S/C23H24ClN3O5.ClH/c1-3-25(4-2)13-14-26-20(15-7-11-18(12-8-15)27(31)32)19(22(29)23(26)30)21(28)16-5-9-17(24)10-6-16;/h5-12,20,28H,3-4,13-14H2,1-2H3;1H. The molecule has 0 aromatic heterocycles. The van der Waals surface area contributed by atoms with Crippen LogP contribution in [-0.4, -0.2) is 57.7 Å². The number of rotatable bonds is 8. The van der Waals surface area contributed by atoms with Crippen LogP contribution in [0.2, 0.25) is 5.02 Å². The van der Waals surface area contributed by atoms with E-state index in [1.54, 1.807) is 24.3 Å². The summed E-state index contributed by atoms with van der Waals surface area (Å²) in [6.45, 7) is 6.40. The van der Waals surface area contributed by atoms with Crippen LogP contribution in [0.25, 0.3) is 5.76 Å². The highest BCUT2D eigenvalue weighted by Gasteiger charge is 2.46. The van der Waals surface area contributed by atoms with Crippen molar-refractivity contribution < 1.29 is 19.6 Å². The molecule has 1 amide bonds. The fourth-order valence-electron chi connectivity index (χ4n) is 3.79. The van der Waals surface area contributed by atoms with Gasteiger partial charge in [-0.1, -0.05) is 25.4 Å². The number of nitro benzene ring substituents is 1. The molecule has 1 heterocycles. The van der Waals surface area contributed by atoms with Crippen molar-refractivity contribution in [1.82, 2.24) is 9.80 Å². The van der Waals surface area contributed by atoms with Gasteiger partial charge in [0.15, 0.2) is 0 Å². The predicted molar refractivity (Wildman–Crippen MR) is 129 cm³/mol. The molecule has 0 radical (unpaired) electrons. The molecule has 0 aliphatic carbocycles. The third-order valence-corrected chi connectivity index (χ3v) is 5.88. The SMILES string of the molecule is CCN(CC)CCN1C(=O)C(=O)C(=C(O)c2ccc(Cl)cc2)C1c1ccc([N+](=O)[O-])cc1.Cl. The van der Waals surface area contributed by atoms with E-state index >= 15 is 0 Å². The zero-order valence-corrected chi connectivity index (χ0v) is 19.8. The smallest absolute Gasteiger partial charge is 0.295 e. The second-order valence-electron chi connectivity index (χ2n) is 7.37. The number of aliphatic hydroxyl groups is 1. The number of nitrogens with zero attached hydrogens (tertiary/aromatic N) is 3. The van der Waals surface area contributed by atoms with Crippen LogP contribution in [-0.2, 0) is 9.59 Å². The van der Waals surface area contributed by atoms with Gasteiger partial charge in [0.05, 0.1) is 16.5 Å². The average molecular weight is 494 g/mol. The lowest BCUT2D eigenvalue weighted by Gasteiger charge is -2.28. The minimum atomic E-state index is -0.859. The number of aliphatic hydroxyl groups excluding tert-OH is 1. The second-order valence-corrected chi connectivity index (χ2v) is 7.81. The van der Waals surface area contributed by atoms with Crippen LogP contribution >= 0.6 is 24.0 Å². The highest BCUT2D eigenvalue weighted by molar-refractivity contribution is 6.46. The number of carbonyl (C=O) groups excluding carboxylic acids is 2. The number of Topliss-reactive ketones (excluding diaryl/α,β-unsaturated/α-hetero) is 1. The quantitative estimate of drug-likeness (QED) is 0.191. The zero-order valence-electron chi connectivity index (χ0n) is 18.2. The van der Waals surface area contributed by atoms with Crippen molar-refractivity contribution in [2.45, 2.75) is 19.9 Å². The van der Waals surface area contributed by atoms with E-state index in [0.717, 1.165) is 13.1 Å². The number of ketones is 1. The van der Waals surface area contributed by atoms with Gasteiger partial charge in [-0.3, -0.25) is 19.7 Å². The Morgan fingerprint density at radius 3 is 2.18 bits per heavy atom. The van der Waals surface area contributed by atoms with Crippen LogP contribution in [0.5, 0.6) is 0 Å². The van der Waals surface area contributed by atoms with Crippen LogP contribution in [0.15, 0.2) is 54.1 Å². The first-order valence-corrected chi connectivity index (χ1v) is 10.7. The largest absolute Gasteiger partial charge is 0.507 e. The number of carbonyl (C=O) groups is 2. The monoisotopic (exact) mass is 493 g/mol. The molecular weight excluding hydrogens is 469 g/mol. The number of likely N-dealkylation sites (tertiary alicyclic amines) is 1. The maximum absolute atomic E-state index is 13.0. The highest BCUT2D eigenvalue weighted by atomic mass is 35.5. The molecule has 1 unspecified atom stereocenters. The number of non-ortho nitro benzene ring substituents is 1. The van der Waals surface area contributed by atoms with Gasteiger partial charge in [-0.15, -0.1) is 12.4 Å². The maximum atomic E-state index is 13.0. The fourth-order valence-corrected chi connectivity index (χ4v) is 3.91. The summed E-state index contributed by atoms with van der Waals surface area (Å²) in [7, 11) is 0. The second kappa shape index (κ2) is 11.3. The van der Waals surface area contributed by atoms with Crippen molar-refractivity contribution in [3.05, 3.63) is 80.4 Å². The lowest BCUT2D eigenvalue weighted by atomic mass is 9.95. The Bertz CT molecular complexity index is 1050. The van der Waals surface area contributed by atoms with Gasteiger partial charge in [0, 0.05) is 35.8 Å². The third kappa shape index (κ3) is 5.52. The summed E-state index contributed by atoms with van der Waals surface area (Å²) < 4.78 is 0. The molecule has 0 spiro atoms. The van der Waals surface area contributed by atoms with Gasteiger partial charge in [0.1, 0.15) is 5.76 Å². The molecule has 0 saturated carbocycles. The summed E-state index contributed by atoms with van der Waals surface area (Å²) in [4.78, 5) is 40.0. The van der Waals surface area contributed by atoms with Crippen LogP contribution in [0, 0.1) is 10.1 Å². The van der Waals surface area contributed by atoms with Crippen LogP contribution < -0.4 is 0 Å². The summed E-state index contributed by atoms with van der Waals surface area (Å²) in [6.07, 6.45) is 0. The molecule has 1 N–H and O–H groups in total. The highest BCUT2D eigenvalue weighted by Crippen LogP contribution is 2.39. The van der Waals surface area contributed by atoms with E-state index in [-0.39, 0.29) is 36.0 Å². The minimum Gasteiger partial charge on any atom is -0.507 e. The molecule has 1 fully saturated rings. The van der Waals surface area contributed by atoms with E-state index in [1.807, 2.05) is 13.8 Å². The Hall–Kier alpha value is -2.94. The number of likely N-dealkylation sites (N-methyl/N-ethyl adjacent to an activating group) is 1. The molecule has 33 heavy (non-hydrogen) atoms. The molecule has 1 atom stereocenters. The normalized spacial score (nSPS) is 17.3. The lowest BCUT2D eigenvalue weighted by Crippen LogP contribution is -2.38. The van der Waals surface area contributed by atoms with Gasteiger partial charge in [-0.2, -0.15) is 0 Å². The van der Waals surface area contributed by atoms with Gasteiger partial charge in [-0.25, -0.2) is 0 Å². The zero-order chi connectivity index (χ0) is 23.4. The molecule has 1 saturated heterocycles. The molecule has 8 nitrogen and oxygen atoms in total. The van der Waals surface area contributed by atoms with Crippen LogP contribution in [0.4, 0.5) is 5.69 Å². The summed E-state index contributed by atoms with van der Waals surface area (Å²) >= 11 is 5.93.